The number of nitrogens with zero attached hydrogens (tertiary/aromatic N) is 1. The molecular formula is C15H22N2O2. The van der Waals surface area contributed by atoms with Crippen LogP contribution in [0.3, 0.4) is 0 Å². The van der Waals surface area contributed by atoms with Gasteiger partial charge in [-0.1, -0.05) is 30.3 Å². The van der Waals surface area contributed by atoms with Crippen LogP contribution in [0.2, 0.25) is 0 Å². The van der Waals surface area contributed by atoms with Crippen molar-refractivity contribution in [2.24, 2.45) is 0 Å². The molecule has 1 saturated heterocycles. The number of nitrogens with one attached hydrogen (secondary N) is 1. The lowest BCUT2D eigenvalue weighted by Crippen LogP contribution is -2.44. The van der Waals surface area contributed by atoms with Gasteiger partial charge >= 0.3 is 6.09 Å². The lowest BCUT2D eigenvalue weighted by Gasteiger charge is -2.32. The largest absolute Gasteiger partial charge is 0.450 e. The van der Waals surface area contributed by atoms with E-state index in [1.54, 1.807) is 0 Å². The lowest BCUT2D eigenvalue weighted by atomic mass is 10.0. The Morgan fingerprint density at radius 1 is 1.32 bits per heavy atom. The fourth-order valence-corrected chi connectivity index (χ4v) is 2.42. The van der Waals surface area contributed by atoms with Gasteiger partial charge in [0, 0.05) is 25.7 Å². The molecule has 4 heteroatoms. The molecule has 0 saturated carbocycles. The van der Waals surface area contributed by atoms with Crippen molar-refractivity contribution in [3.63, 3.8) is 0 Å². The maximum Gasteiger partial charge on any atom is 0.407 e. The molecule has 1 N–H and O–H groups in total. The van der Waals surface area contributed by atoms with Crippen molar-refractivity contribution in [1.29, 1.82) is 0 Å². The molecular weight excluding hydrogens is 240 g/mol. The monoisotopic (exact) mass is 262 g/mol. The zero-order chi connectivity index (χ0) is 13.5. The highest BCUT2D eigenvalue weighted by atomic mass is 16.5. The smallest absolute Gasteiger partial charge is 0.407 e. The third kappa shape index (κ3) is 4.56. The van der Waals surface area contributed by atoms with E-state index in [0.29, 0.717) is 6.61 Å². The first-order valence-electron chi connectivity index (χ1n) is 6.97. The summed E-state index contributed by atoms with van der Waals surface area (Å²) in [6.45, 7) is 5.28. The van der Waals surface area contributed by atoms with Crippen LogP contribution < -0.4 is 5.32 Å². The molecule has 104 valence electrons. The van der Waals surface area contributed by atoms with Gasteiger partial charge in [0.05, 0.1) is 6.61 Å². The highest BCUT2D eigenvalue weighted by molar-refractivity contribution is 5.67. The Hall–Kier alpha value is -1.55. The molecule has 0 radical (unpaired) electrons. The number of benzene rings is 1. The molecule has 4 nitrogen and oxygen atoms in total. The number of likely N-dealkylation sites (tertiary alicyclic amines) is 1. The molecule has 0 unspecified atom stereocenters. The number of rotatable bonds is 4. The van der Waals surface area contributed by atoms with Gasteiger partial charge in [-0.3, -0.25) is 4.90 Å². The molecule has 0 aromatic heterocycles. The zero-order valence-corrected chi connectivity index (χ0v) is 11.5. The van der Waals surface area contributed by atoms with Crippen LogP contribution >= 0.6 is 0 Å². The number of piperidine rings is 1. The van der Waals surface area contributed by atoms with Crippen molar-refractivity contribution in [1.82, 2.24) is 10.2 Å². The number of hydrogen-bond acceptors (Lipinski definition) is 3. The molecule has 0 spiro atoms. The third-order valence-electron chi connectivity index (χ3n) is 3.43. The quantitative estimate of drug-likeness (QED) is 0.906. The average Bonchev–Trinajstić information content (AvgIpc) is 2.42. The van der Waals surface area contributed by atoms with E-state index in [0.717, 1.165) is 32.5 Å². The van der Waals surface area contributed by atoms with Crippen LogP contribution in [-0.4, -0.2) is 36.7 Å². The Morgan fingerprint density at radius 3 is 2.63 bits per heavy atom. The SMILES string of the molecule is CCOC(=O)NC1CCN(Cc2ccccc2)CC1. The first-order chi connectivity index (χ1) is 9.28. The normalized spacial score (nSPS) is 17.1. The van der Waals surface area contributed by atoms with Crippen molar-refractivity contribution in [2.45, 2.75) is 32.4 Å². The number of amides is 1. The highest BCUT2D eigenvalue weighted by Crippen LogP contribution is 2.13. The minimum Gasteiger partial charge on any atom is -0.450 e. The molecule has 2 rings (SSSR count). The Morgan fingerprint density at radius 2 is 2.00 bits per heavy atom. The summed E-state index contributed by atoms with van der Waals surface area (Å²) in [7, 11) is 0. The minimum atomic E-state index is -0.288. The molecule has 1 fully saturated rings. The van der Waals surface area contributed by atoms with Gasteiger partial charge in [0.15, 0.2) is 0 Å². The number of carbonyl (C=O) groups excluding carboxylic acids is 1. The standard InChI is InChI=1S/C15H22N2O2/c1-2-19-15(18)16-14-8-10-17(11-9-14)12-13-6-4-3-5-7-13/h3-7,14H,2,8-12H2,1H3,(H,16,18). The van der Waals surface area contributed by atoms with Crippen molar-refractivity contribution in [3.05, 3.63) is 35.9 Å². The van der Waals surface area contributed by atoms with E-state index in [4.69, 9.17) is 4.74 Å². The lowest BCUT2D eigenvalue weighted by molar-refractivity contribution is 0.136. The molecule has 0 atom stereocenters. The van der Waals surface area contributed by atoms with Gasteiger partial charge in [-0.25, -0.2) is 4.79 Å². The van der Waals surface area contributed by atoms with Gasteiger partial charge in [-0.2, -0.15) is 0 Å². The van der Waals surface area contributed by atoms with Crippen LogP contribution in [0.25, 0.3) is 0 Å². The Kier molecular flexibility index (Phi) is 5.21. The van der Waals surface area contributed by atoms with Crippen LogP contribution in [0, 0.1) is 0 Å². The molecule has 1 aromatic carbocycles. The van der Waals surface area contributed by atoms with E-state index < -0.39 is 0 Å². The van der Waals surface area contributed by atoms with Crippen molar-refractivity contribution < 1.29 is 9.53 Å². The fraction of sp³-hybridized carbons (Fsp3) is 0.533. The Bertz CT molecular complexity index is 386. The van der Waals surface area contributed by atoms with Crippen LogP contribution in [0.4, 0.5) is 4.79 Å². The van der Waals surface area contributed by atoms with Crippen molar-refractivity contribution in [3.8, 4) is 0 Å². The summed E-state index contributed by atoms with van der Waals surface area (Å²) in [5.74, 6) is 0. The average molecular weight is 262 g/mol. The summed E-state index contributed by atoms with van der Waals surface area (Å²) in [6.07, 6.45) is 1.70. The maximum atomic E-state index is 11.3. The Balaban J connectivity index is 1.72. The summed E-state index contributed by atoms with van der Waals surface area (Å²) in [6, 6.07) is 10.8. The van der Waals surface area contributed by atoms with Crippen LogP contribution in [0.1, 0.15) is 25.3 Å². The van der Waals surface area contributed by atoms with E-state index in [-0.39, 0.29) is 12.1 Å². The molecule has 19 heavy (non-hydrogen) atoms. The van der Waals surface area contributed by atoms with Gasteiger partial charge in [0.25, 0.3) is 0 Å². The van der Waals surface area contributed by atoms with Crippen LogP contribution in [-0.2, 0) is 11.3 Å². The predicted octanol–water partition coefficient (Wildman–Crippen LogP) is 2.40. The molecule has 1 heterocycles. The third-order valence-corrected chi connectivity index (χ3v) is 3.43. The summed E-state index contributed by atoms with van der Waals surface area (Å²) in [4.78, 5) is 13.8. The van der Waals surface area contributed by atoms with Gasteiger partial charge in [0.2, 0.25) is 0 Å². The second-order valence-corrected chi connectivity index (χ2v) is 4.90. The Labute approximate surface area is 114 Å². The van der Waals surface area contributed by atoms with E-state index in [1.165, 1.54) is 5.56 Å². The van der Waals surface area contributed by atoms with Crippen LogP contribution in [0.15, 0.2) is 30.3 Å². The number of carbonyl (C=O) groups is 1. The topological polar surface area (TPSA) is 41.6 Å². The summed E-state index contributed by atoms with van der Waals surface area (Å²) in [5, 5.41) is 2.92. The van der Waals surface area contributed by atoms with Gasteiger partial charge in [-0.15, -0.1) is 0 Å². The van der Waals surface area contributed by atoms with Crippen molar-refractivity contribution >= 4 is 6.09 Å². The predicted molar refractivity (Wildman–Crippen MR) is 74.9 cm³/mol. The summed E-state index contributed by atoms with van der Waals surface area (Å²) >= 11 is 0. The van der Waals surface area contributed by atoms with Crippen LogP contribution in [0.5, 0.6) is 0 Å². The number of ether oxygens (including phenoxy) is 1. The summed E-state index contributed by atoms with van der Waals surface area (Å²) < 4.78 is 4.90. The highest BCUT2D eigenvalue weighted by Gasteiger charge is 2.20. The molecule has 1 aliphatic rings. The van der Waals surface area contributed by atoms with E-state index in [2.05, 4.69) is 34.5 Å². The number of alkyl carbamates (subject to hydrolysis) is 1. The van der Waals surface area contributed by atoms with E-state index >= 15 is 0 Å². The van der Waals surface area contributed by atoms with Gasteiger partial charge < -0.3 is 10.1 Å². The maximum absolute atomic E-state index is 11.3. The summed E-state index contributed by atoms with van der Waals surface area (Å²) in [5.41, 5.74) is 1.35. The first kappa shape index (κ1) is 13.9. The first-order valence-corrected chi connectivity index (χ1v) is 6.97. The molecule has 0 aliphatic carbocycles. The van der Waals surface area contributed by atoms with Gasteiger partial charge in [0.1, 0.15) is 0 Å². The second kappa shape index (κ2) is 7.14. The van der Waals surface area contributed by atoms with Crippen molar-refractivity contribution in [2.75, 3.05) is 19.7 Å². The number of hydrogen-bond donors (Lipinski definition) is 1. The second-order valence-electron chi connectivity index (χ2n) is 4.90. The minimum absolute atomic E-state index is 0.256. The zero-order valence-electron chi connectivity index (χ0n) is 11.5. The molecule has 0 bridgehead atoms. The molecule has 1 aliphatic heterocycles. The van der Waals surface area contributed by atoms with E-state index in [9.17, 15) is 4.79 Å². The fourth-order valence-electron chi connectivity index (χ4n) is 2.42. The molecule has 1 aromatic rings. The van der Waals surface area contributed by atoms with E-state index in [1.807, 2.05) is 13.0 Å². The van der Waals surface area contributed by atoms with Gasteiger partial charge in [-0.05, 0) is 25.3 Å². The molecule has 1 amide bonds.